The summed E-state index contributed by atoms with van der Waals surface area (Å²) in [4.78, 5) is 22.3. The maximum Gasteiger partial charge on any atom is 0.293 e. The second-order valence-electron chi connectivity index (χ2n) is 7.73. The van der Waals surface area contributed by atoms with E-state index in [1.807, 2.05) is 4.72 Å². The number of aliphatic hydroxyl groups is 5. The number of hydrogen-bond acceptors (Lipinski definition) is 11. The van der Waals surface area contributed by atoms with Crippen LogP contribution in [0.3, 0.4) is 0 Å². The monoisotopic (exact) mass is 497 g/mol. The van der Waals surface area contributed by atoms with Crippen LogP contribution in [0.1, 0.15) is 10.4 Å². The van der Waals surface area contributed by atoms with Gasteiger partial charge >= 0.3 is 0 Å². The normalized spacial score (nSPS) is 27.1. The highest BCUT2D eigenvalue weighted by Crippen LogP contribution is 2.31. The molecule has 0 spiro atoms. The standard InChI is InChI=1S/C20H23N3O10S/c24-15-12(16(25)18(27)19(28)17(15)26)9-21-13-7-6-11(8-14(13)23(30)31)34(32,33)22-20(29)10-4-2-1-3-5-10/h1-8,12,15-19,21,24-28H,9H2,(H,22,29). The molecule has 0 saturated heterocycles. The van der Waals surface area contributed by atoms with E-state index >= 15 is 0 Å². The van der Waals surface area contributed by atoms with E-state index in [1.54, 1.807) is 6.07 Å². The molecule has 0 radical (unpaired) electrons. The smallest absolute Gasteiger partial charge is 0.293 e. The number of nitro groups is 1. The Labute approximate surface area is 193 Å². The van der Waals surface area contributed by atoms with Gasteiger partial charge in [-0.05, 0) is 24.3 Å². The second-order valence-corrected chi connectivity index (χ2v) is 9.42. The molecule has 1 fully saturated rings. The number of sulfonamides is 1. The second kappa shape index (κ2) is 10.0. The summed E-state index contributed by atoms with van der Waals surface area (Å²) in [6, 6.07) is 10.3. The van der Waals surface area contributed by atoms with Crippen LogP contribution in [-0.2, 0) is 10.0 Å². The van der Waals surface area contributed by atoms with Gasteiger partial charge in [0.05, 0.1) is 22.0 Å². The van der Waals surface area contributed by atoms with Crippen molar-refractivity contribution in [2.75, 3.05) is 11.9 Å². The van der Waals surface area contributed by atoms with Crippen LogP contribution in [0.15, 0.2) is 53.4 Å². The summed E-state index contributed by atoms with van der Waals surface area (Å²) in [7, 11) is -4.46. The molecule has 1 aliphatic rings. The van der Waals surface area contributed by atoms with Gasteiger partial charge in [-0.1, -0.05) is 18.2 Å². The van der Waals surface area contributed by atoms with Crippen LogP contribution in [0.2, 0.25) is 0 Å². The molecule has 34 heavy (non-hydrogen) atoms. The predicted molar refractivity (Wildman–Crippen MR) is 116 cm³/mol. The first-order valence-corrected chi connectivity index (χ1v) is 11.5. The molecule has 0 aromatic heterocycles. The number of amides is 1. The zero-order chi connectivity index (χ0) is 25.2. The van der Waals surface area contributed by atoms with Crippen molar-refractivity contribution in [3.8, 4) is 0 Å². The Morgan fingerprint density at radius 1 is 0.912 bits per heavy atom. The van der Waals surface area contributed by atoms with Crippen molar-refractivity contribution >= 4 is 27.3 Å². The summed E-state index contributed by atoms with van der Waals surface area (Å²) in [6.07, 6.45) is -8.63. The van der Waals surface area contributed by atoms with Crippen molar-refractivity contribution in [1.29, 1.82) is 0 Å². The third-order valence-corrected chi connectivity index (χ3v) is 6.87. The predicted octanol–water partition coefficient (Wildman–Crippen LogP) is -1.44. The average Bonchev–Trinajstić information content (AvgIpc) is 2.81. The molecule has 184 valence electrons. The maximum atomic E-state index is 12.6. The highest BCUT2D eigenvalue weighted by Gasteiger charge is 2.48. The number of rotatable bonds is 7. The number of nitrogens with one attached hydrogen (secondary N) is 2. The van der Waals surface area contributed by atoms with E-state index in [4.69, 9.17) is 0 Å². The van der Waals surface area contributed by atoms with Crippen molar-refractivity contribution in [2.24, 2.45) is 5.92 Å². The van der Waals surface area contributed by atoms with Crippen molar-refractivity contribution in [3.05, 3.63) is 64.2 Å². The van der Waals surface area contributed by atoms with Crippen LogP contribution in [-0.4, -0.2) is 81.8 Å². The molecule has 4 unspecified atom stereocenters. The molecule has 1 aliphatic carbocycles. The highest BCUT2D eigenvalue weighted by atomic mass is 32.2. The topological polar surface area (TPSA) is 220 Å². The van der Waals surface area contributed by atoms with Crippen LogP contribution in [0.4, 0.5) is 11.4 Å². The van der Waals surface area contributed by atoms with Gasteiger partial charge in [-0.15, -0.1) is 0 Å². The SMILES string of the molecule is O=C(NS(=O)(=O)c1ccc(NCC2C(O)C(O)C(O)C(O)C2O)c([N+](=O)[O-])c1)c1ccccc1. The fourth-order valence-corrected chi connectivity index (χ4v) is 4.59. The van der Waals surface area contributed by atoms with E-state index in [1.165, 1.54) is 24.3 Å². The molecular weight excluding hydrogens is 474 g/mol. The summed E-state index contributed by atoms with van der Waals surface area (Å²) in [5, 5.41) is 63.6. The van der Waals surface area contributed by atoms with Gasteiger partial charge in [-0.25, -0.2) is 13.1 Å². The van der Waals surface area contributed by atoms with Gasteiger partial charge in [0.2, 0.25) is 0 Å². The molecule has 2 aromatic rings. The van der Waals surface area contributed by atoms with Crippen molar-refractivity contribution in [3.63, 3.8) is 0 Å². The number of carbonyl (C=O) groups excluding carboxylic acids is 1. The minimum atomic E-state index is -4.46. The molecule has 0 aliphatic heterocycles. The molecule has 1 saturated carbocycles. The van der Waals surface area contributed by atoms with E-state index in [0.29, 0.717) is 0 Å². The zero-order valence-corrected chi connectivity index (χ0v) is 18.2. The number of benzene rings is 2. The number of carbonyl (C=O) groups is 1. The summed E-state index contributed by atoms with van der Waals surface area (Å²) in [5.74, 6) is -2.15. The Morgan fingerprint density at radius 3 is 2.03 bits per heavy atom. The lowest BCUT2D eigenvalue weighted by Gasteiger charge is -2.42. The Kier molecular flexibility index (Phi) is 7.50. The van der Waals surface area contributed by atoms with Crippen molar-refractivity contribution in [2.45, 2.75) is 35.4 Å². The van der Waals surface area contributed by atoms with E-state index in [9.17, 15) is 48.9 Å². The first-order valence-electron chi connectivity index (χ1n) is 9.99. The molecular formula is C20H23N3O10S. The maximum absolute atomic E-state index is 12.6. The largest absolute Gasteiger partial charge is 0.390 e. The number of aliphatic hydroxyl groups excluding tert-OH is 5. The van der Waals surface area contributed by atoms with E-state index in [2.05, 4.69) is 5.32 Å². The van der Waals surface area contributed by atoms with Crippen LogP contribution in [0.5, 0.6) is 0 Å². The van der Waals surface area contributed by atoms with E-state index in [-0.39, 0.29) is 17.8 Å². The number of nitro benzene ring substituents is 1. The van der Waals surface area contributed by atoms with Crippen LogP contribution < -0.4 is 10.0 Å². The third-order valence-electron chi connectivity index (χ3n) is 5.54. The van der Waals surface area contributed by atoms with Gasteiger partial charge in [-0.3, -0.25) is 14.9 Å². The van der Waals surface area contributed by atoms with Crippen LogP contribution >= 0.6 is 0 Å². The molecule has 3 rings (SSSR count). The van der Waals surface area contributed by atoms with Crippen molar-refractivity contribution in [1.82, 2.24) is 4.72 Å². The lowest BCUT2D eigenvalue weighted by molar-refractivity contribution is -0.384. The van der Waals surface area contributed by atoms with Crippen LogP contribution in [0.25, 0.3) is 0 Å². The average molecular weight is 497 g/mol. The van der Waals surface area contributed by atoms with Gasteiger partial charge in [0.15, 0.2) is 0 Å². The Balaban J connectivity index is 1.80. The van der Waals surface area contributed by atoms with Gasteiger partial charge in [0.25, 0.3) is 21.6 Å². The lowest BCUT2D eigenvalue weighted by atomic mass is 9.78. The number of hydrogen-bond donors (Lipinski definition) is 7. The summed E-state index contributed by atoms with van der Waals surface area (Å²) >= 11 is 0. The minimum absolute atomic E-state index is 0.0675. The fraction of sp³-hybridized carbons (Fsp3) is 0.350. The van der Waals surface area contributed by atoms with Gasteiger partial charge in [-0.2, -0.15) is 0 Å². The van der Waals surface area contributed by atoms with Gasteiger partial charge in [0.1, 0.15) is 24.0 Å². The fourth-order valence-electron chi connectivity index (χ4n) is 3.59. The first-order chi connectivity index (χ1) is 15.9. The molecule has 1 amide bonds. The van der Waals surface area contributed by atoms with Crippen LogP contribution in [0, 0.1) is 16.0 Å². The Hall–Kier alpha value is -3.14. The third kappa shape index (κ3) is 5.16. The Morgan fingerprint density at radius 2 is 1.47 bits per heavy atom. The number of anilines is 1. The molecule has 4 atom stereocenters. The number of nitrogens with zero attached hydrogens (tertiary/aromatic N) is 1. The minimum Gasteiger partial charge on any atom is -0.390 e. The lowest BCUT2D eigenvalue weighted by Crippen LogP contribution is -2.62. The highest BCUT2D eigenvalue weighted by molar-refractivity contribution is 7.90. The summed E-state index contributed by atoms with van der Waals surface area (Å²) < 4.78 is 27.0. The molecule has 2 aromatic carbocycles. The molecule has 7 N–H and O–H groups in total. The molecule has 0 heterocycles. The first kappa shape index (κ1) is 25.5. The molecule has 13 nitrogen and oxygen atoms in total. The van der Waals surface area contributed by atoms with Gasteiger partial charge < -0.3 is 30.8 Å². The van der Waals surface area contributed by atoms with E-state index < -0.39 is 67.9 Å². The molecule has 14 heteroatoms. The van der Waals surface area contributed by atoms with E-state index in [0.717, 1.165) is 18.2 Å². The zero-order valence-electron chi connectivity index (χ0n) is 17.4. The summed E-state index contributed by atoms with van der Waals surface area (Å²) in [6.45, 7) is -0.374. The Bertz CT molecular complexity index is 1140. The summed E-state index contributed by atoms with van der Waals surface area (Å²) in [5.41, 5.74) is -0.804. The van der Waals surface area contributed by atoms with Crippen molar-refractivity contribution < 1.29 is 43.7 Å². The van der Waals surface area contributed by atoms with Gasteiger partial charge in [0, 0.05) is 24.1 Å². The molecule has 0 bridgehead atoms. The quantitative estimate of drug-likeness (QED) is 0.173.